The maximum atomic E-state index is 12.0. The van der Waals surface area contributed by atoms with Gasteiger partial charge in [-0.15, -0.1) is 11.3 Å². The largest absolute Gasteiger partial charge is 0.494 e. The van der Waals surface area contributed by atoms with Crippen LogP contribution in [0.15, 0.2) is 30.3 Å². The molecule has 3 aromatic rings. The predicted octanol–water partition coefficient (Wildman–Crippen LogP) is 4.62. The summed E-state index contributed by atoms with van der Waals surface area (Å²) in [4.78, 5) is 29.0. The molecule has 0 spiro atoms. The van der Waals surface area contributed by atoms with E-state index in [0.717, 1.165) is 4.70 Å². The van der Waals surface area contributed by atoms with Crippen molar-refractivity contribution in [2.75, 3.05) is 12.4 Å². The standard InChI is InChI=1S/C16H13ClN2O3S2/c1-22-10-3-2-4-12-15(10)19-16(24-12)18-14(21)8-5-9(20)11-6-7-13(17)23-11/h2-4,6-7H,5,8H2,1H3,(H,18,19,21). The van der Waals surface area contributed by atoms with Gasteiger partial charge in [-0.3, -0.25) is 9.59 Å². The zero-order valence-electron chi connectivity index (χ0n) is 12.7. The van der Waals surface area contributed by atoms with Crippen LogP contribution in [-0.2, 0) is 4.79 Å². The summed E-state index contributed by atoms with van der Waals surface area (Å²) in [5.74, 6) is 0.325. The molecule has 0 unspecified atom stereocenters. The van der Waals surface area contributed by atoms with Crippen molar-refractivity contribution in [2.45, 2.75) is 12.8 Å². The van der Waals surface area contributed by atoms with E-state index in [9.17, 15) is 9.59 Å². The number of anilines is 1. The normalized spacial score (nSPS) is 10.8. The van der Waals surface area contributed by atoms with Crippen LogP contribution >= 0.6 is 34.3 Å². The number of carbonyl (C=O) groups excluding carboxylic acids is 2. The Morgan fingerprint density at radius 2 is 2.04 bits per heavy atom. The molecule has 1 N–H and O–H groups in total. The van der Waals surface area contributed by atoms with E-state index >= 15 is 0 Å². The molecule has 0 saturated carbocycles. The summed E-state index contributed by atoms with van der Waals surface area (Å²) in [6.45, 7) is 0. The second-order valence-electron chi connectivity index (χ2n) is 4.90. The van der Waals surface area contributed by atoms with Crippen LogP contribution in [0.1, 0.15) is 22.5 Å². The average molecular weight is 381 g/mol. The lowest BCUT2D eigenvalue weighted by molar-refractivity contribution is -0.116. The van der Waals surface area contributed by atoms with E-state index in [0.29, 0.717) is 25.6 Å². The Balaban J connectivity index is 1.62. The quantitative estimate of drug-likeness (QED) is 0.633. The third kappa shape index (κ3) is 3.75. The Morgan fingerprint density at radius 3 is 2.75 bits per heavy atom. The molecule has 0 saturated heterocycles. The fourth-order valence-corrected chi connectivity index (χ4v) is 4.05. The first-order valence-electron chi connectivity index (χ1n) is 7.09. The van der Waals surface area contributed by atoms with Crippen LogP contribution in [0, 0.1) is 0 Å². The summed E-state index contributed by atoms with van der Waals surface area (Å²) in [6.07, 6.45) is 0.234. The zero-order chi connectivity index (χ0) is 17.1. The van der Waals surface area contributed by atoms with Gasteiger partial charge < -0.3 is 10.1 Å². The summed E-state index contributed by atoms with van der Waals surface area (Å²) in [5.41, 5.74) is 0.713. The number of ketones is 1. The third-order valence-corrected chi connectivity index (χ3v) is 5.48. The van der Waals surface area contributed by atoms with E-state index in [1.807, 2.05) is 18.2 Å². The third-order valence-electron chi connectivity index (χ3n) is 3.28. The number of methoxy groups -OCH3 is 1. The minimum atomic E-state index is -0.246. The average Bonchev–Trinajstić information content (AvgIpc) is 3.17. The topological polar surface area (TPSA) is 68.3 Å². The first-order chi connectivity index (χ1) is 11.6. The van der Waals surface area contributed by atoms with Crippen molar-refractivity contribution in [1.29, 1.82) is 0 Å². The molecule has 0 fully saturated rings. The van der Waals surface area contributed by atoms with E-state index < -0.39 is 0 Å². The number of ether oxygens (including phenoxy) is 1. The Bertz CT molecular complexity index is 904. The van der Waals surface area contributed by atoms with Crippen molar-refractivity contribution in [1.82, 2.24) is 4.98 Å². The maximum Gasteiger partial charge on any atom is 0.226 e. The van der Waals surface area contributed by atoms with Crippen molar-refractivity contribution in [3.63, 3.8) is 0 Å². The van der Waals surface area contributed by atoms with Gasteiger partial charge >= 0.3 is 0 Å². The van der Waals surface area contributed by atoms with Crippen LogP contribution in [-0.4, -0.2) is 23.8 Å². The van der Waals surface area contributed by atoms with Crippen molar-refractivity contribution < 1.29 is 14.3 Å². The molecule has 1 aromatic carbocycles. The van der Waals surface area contributed by atoms with Gasteiger partial charge in [-0.1, -0.05) is 29.0 Å². The number of para-hydroxylation sites is 1. The lowest BCUT2D eigenvalue weighted by Crippen LogP contribution is -2.13. The molecule has 0 aliphatic heterocycles. The number of hydrogen-bond acceptors (Lipinski definition) is 6. The lowest BCUT2D eigenvalue weighted by Gasteiger charge is -2.00. The van der Waals surface area contributed by atoms with Gasteiger partial charge in [0.25, 0.3) is 0 Å². The molecule has 2 aromatic heterocycles. The Kier molecular flexibility index (Phi) is 5.13. The molecule has 1 amide bonds. The number of hydrogen-bond donors (Lipinski definition) is 1. The Hall–Kier alpha value is -1.96. The Labute approximate surface area is 151 Å². The molecule has 0 aliphatic rings. The highest BCUT2D eigenvalue weighted by Gasteiger charge is 2.14. The number of rotatable bonds is 6. The highest BCUT2D eigenvalue weighted by Crippen LogP contribution is 2.32. The SMILES string of the molecule is COc1cccc2sc(NC(=O)CCC(=O)c3ccc(Cl)s3)nc12. The van der Waals surface area contributed by atoms with Crippen LogP contribution in [0.3, 0.4) is 0 Å². The molecule has 5 nitrogen and oxygen atoms in total. The molecule has 2 heterocycles. The molecule has 8 heteroatoms. The molecule has 0 aliphatic carbocycles. The van der Waals surface area contributed by atoms with Gasteiger partial charge in [0.2, 0.25) is 5.91 Å². The molecule has 0 radical (unpaired) electrons. The summed E-state index contributed by atoms with van der Waals surface area (Å²) in [7, 11) is 1.58. The molecule has 124 valence electrons. The van der Waals surface area contributed by atoms with Gasteiger partial charge in [0.05, 0.1) is 21.0 Å². The lowest BCUT2D eigenvalue weighted by atomic mass is 10.2. The second kappa shape index (κ2) is 7.29. The fourth-order valence-electron chi connectivity index (χ4n) is 2.14. The minimum Gasteiger partial charge on any atom is -0.494 e. The number of thiophene rings is 1. The number of thiazole rings is 1. The number of aromatic nitrogens is 1. The van der Waals surface area contributed by atoms with Crippen LogP contribution in [0.5, 0.6) is 5.75 Å². The van der Waals surface area contributed by atoms with E-state index in [-0.39, 0.29) is 24.5 Å². The van der Waals surface area contributed by atoms with E-state index in [2.05, 4.69) is 10.3 Å². The number of nitrogens with zero attached hydrogens (tertiary/aromatic N) is 1. The molecular weight excluding hydrogens is 368 g/mol. The number of benzene rings is 1. The summed E-state index contributed by atoms with van der Waals surface area (Å²) < 4.78 is 6.74. The highest BCUT2D eigenvalue weighted by atomic mass is 35.5. The van der Waals surface area contributed by atoms with Crippen LogP contribution in [0.4, 0.5) is 5.13 Å². The summed E-state index contributed by atoms with van der Waals surface area (Å²) >= 11 is 8.39. The van der Waals surface area contributed by atoms with Crippen molar-refractivity contribution >= 4 is 61.3 Å². The zero-order valence-corrected chi connectivity index (χ0v) is 15.1. The number of amides is 1. The number of Topliss-reactive ketones (excluding diaryl/α,β-unsaturated/α-hetero) is 1. The van der Waals surface area contributed by atoms with E-state index in [1.54, 1.807) is 19.2 Å². The maximum absolute atomic E-state index is 12.0. The first kappa shape index (κ1) is 16.9. The minimum absolute atomic E-state index is 0.0898. The van der Waals surface area contributed by atoms with E-state index in [1.165, 1.54) is 22.7 Å². The van der Waals surface area contributed by atoms with Gasteiger partial charge in [-0.25, -0.2) is 4.98 Å². The van der Waals surface area contributed by atoms with Gasteiger partial charge in [-0.05, 0) is 24.3 Å². The van der Waals surface area contributed by atoms with Crippen molar-refractivity contribution in [2.24, 2.45) is 0 Å². The Morgan fingerprint density at radius 1 is 1.21 bits per heavy atom. The summed E-state index contributed by atoms with van der Waals surface area (Å²) in [5, 5.41) is 3.22. The number of halogens is 1. The molecule has 3 rings (SSSR count). The smallest absolute Gasteiger partial charge is 0.226 e. The van der Waals surface area contributed by atoms with Gasteiger partial charge in [-0.2, -0.15) is 0 Å². The van der Waals surface area contributed by atoms with Crippen LogP contribution < -0.4 is 10.1 Å². The predicted molar refractivity (Wildman–Crippen MR) is 97.7 cm³/mol. The van der Waals surface area contributed by atoms with Crippen molar-refractivity contribution in [3.8, 4) is 5.75 Å². The van der Waals surface area contributed by atoms with Crippen molar-refractivity contribution in [3.05, 3.63) is 39.5 Å². The van der Waals surface area contributed by atoms with Gasteiger partial charge in [0.1, 0.15) is 11.3 Å². The second-order valence-corrected chi connectivity index (χ2v) is 7.65. The van der Waals surface area contributed by atoms with Gasteiger partial charge in [0.15, 0.2) is 10.9 Å². The molecule has 0 bridgehead atoms. The first-order valence-corrected chi connectivity index (χ1v) is 9.10. The summed E-state index contributed by atoms with van der Waals surface area (Å²) in [6, 6.07) is 8.95. The monoisotopic (exact) mass is 380 g/mol. The van der Waals surface area contributed by atoms with Gasteiger partial charge in [0, 0.05) is 12.8 Å². The van der Waals surface area contributed by atoms with Crippen LogP contribution in [0.25, 0.3) is 10.2 Å². The molecule has 0 atom stereocenters. The number of nitrogens with one attached hydrogen (secondary N) is 1. The highest BCUT2D eigenvalue weighted by molar-refractivity contribution is 7.22. The van der Waals surface area contributed by atoms with Crippen LogP contribution in [0.2, 0.25) is 4.34 Å². The molecular formula is C16H13ClN2O3S2. The molecule has 24 heavy (non-hydrogen) atoms. The number of carbonyl (C=O) groups is 2. The van der Waals surface area contributed by atoms with E-state index in [4.69, 9.17) is 16.3 Å². The number of fused-ring (bicyclic) bond motifs is 1. The fraction of sp³-hybridized carbons (Fsp3) is 0.188.